The zero-order valence-corrected chi connectivity index (χ0v) is 17.4. The Bertz CT molecular complexity index is 804. The van der Waals surface area contributed by atoms with Crippen molar-refractivity contribution in [3.63, 3.8) is 0 Å². The van der Waals surface area contributed by atoms with Crippen molar-refractivity contribution in [2.45, 2.75) is 51.5 Å². The highest BCUT2D eigenvalue weighted by molar-refractivity contribution is 5.92. The van der Waals surface area contributed by atoms with Gasteiger partial charge in [-0.3, -0.25) is 4.79 Å². The van der Waals surface area contributed by atoms with Crippen molar-refractivity contribution >= 4 is 17.3 Å². The zero-order chi connectivity index (χ0) is 20.1. The van der Waals surface area contributed by atoms with Gasteiger partial charge in [0.05, 0.1) is 11.9 Å². The van der Waals surface area contributed by atoms with Gasteiger partial charge in [-0.15, -0.1) is 0 Å². The van der Waals surface area contributed by atoms with Crippen molar-refractivity contribution in [2.24, 2.45) is 0 Å². The third-order valence-corrected chi connectivity index (χ3v) is 6.18. The minimum atomic E-state index is -0.0345. The molecular weight excluding hydrogens is 360 g/mol. The average Bonchev–Trinajstić information content (AvgIpc) is 3.03. The molecule has 2 fully saturated rings. The molecule has 1 aliphatic carbocycles. The fraction of sp³-hybridized carbons (Fsp3) is 0.500. The number of hydrogen-bond donors (Lipinski definition) is 1. The van der Waals surface area contributed by atoms with Crippen LogP contribution in [0.2, 0.25) is 0 Å². The number of aromatic nitrogens is 1. The maximum atomic E-state index is 12.5. The lowest BCUT2D eigenvalue weighted by Gasteiger charge is -2.37. The highest BCUT2D eigenvalue weighted by Gasteiger charge is 2.19. The number of aryl methyl sites for hydroxylation is 1. The van der Waals surface area contributed by atoms with Gasteiger partial charge < -0.3 is 15.1 Å². The van der Waals surface area contributed by atoms with Crippen LogP contribution in [-0.2, 0) is 0 Å². The number of piperazine rings is 1. The second kappa shape index (κ2) is 9.29. The molecule has 5 nitrogen and oxygen atoms in total. The van der Waals surface area contributed by atoms with E-state index in [1.54, 1.807) is 0 Å². The third-order valence-electron chi connectivity index (χ3n) is 6.18. The molecule has 1 saturated carbocycles. The van der Waals surface area contributed by atoms with Crippen LogP contribution in [0.3, 0.4) is 0 Å². The number of anilines is 2. The number of amides is 1. The summed E-state index contributed by atoms with van der Waals surface area (Å²) in [6.45, 7) is 6.05. The Morgan fingerprint density at radius 1 is 0.931 bits per heavy atom. The summed E-state index contributed by atoms with van der Waals surface area (Å²) in [6.07, 6.45) is 9.04. The van der Waals surface area contributed by atoms with Gasteiger partial charge in [0.2, 0.25) is 0 Å². The van der Waals surface area contributed by atoms with E-state index in [4.69, 9.17) is 0 Å². The van der Waals surface area contributed by atoms with E-state index in [-0.39, 0.29) is 5.91 Å². The van der Waals surface area contributed by atoms with E-state index in [1.165, 1.54) is 36.9 Å². The number of nitrogens with one attached hydrogen (secondary N) is 1. The SMILES string of the molecule is Cc1cccc(N2CCN(c3ccc(C(=O)NC4CCCCCC4)nc3)CC2)c1. The molecule has 0 radical (unpaired) electrons. The predicted octanol–water partition coefficient (Wildman–Crippen LogP) is 4.17. The molecule has 4 rings (SSSR count). The number of nitrogens with zero attached hydrogens (tertiary/aromatic N) is 3. The number of benzene rings is 1. The smallest absolute Gasteiger partial charge is 0.270 e. The number of pyridine rings is 1. The van der Waals surface area contributed by atoms with E-state index in [1.807, 2.05) is 18.3 Å². The predicted molar refractivity (Wildman–Crippen MR) is 119 cm³/mol. The van der Waals surface area contributed by atoms with Gasteiger partial charge in [0.1, 0.15) is 5.69 Å². The van der Waals surface area contributed by atoms with Gasteiger partial charge in [0.15, 0.2) is 0 Å². The van der Waals surface area contributed by atoms with Crippen molar-refractivity contribution in [1.82, 2.24) is 10.3 Å². The lowest BCUT2D eigenvalue weighted by atomic mass is 10.1. The highest BCUT2D eigenvalue weighted by atomic mass is 16.1. The second-order valence-corrected chi connectivity index (χ2v) is 8.38. The van der Waals surface area contributed by atoms with Gasteiger partial charge in [-0.05, 0) is 49.6 Å². The Hall–Kier alpha value is -2.56. The van der Waals surface area contributed by atoms with E-state index in [0.717, 1.165) is 44.7 Å². The van der Waals surface area contributed by atoms with Gasteiger partial charge in [-0.1, -0.05) is 37.8 Å². The molecule has 5 heteroatoms. The molecule has 29 heavy (non-hydrogen) atoms. The zero-order valence-electron chi connectivity index (χ0n) is 17.4. The van der Waals surface area contributed by atoms with Gasteiger partial charge in [0.25, 0.3) is 5.91 Å². The van der Waals surface area contributed by atoms with Crippen LogP contribution in [0.4, 0.5) is 11.4 Å². The monoisotopic (exact) mass is 392 g/mol. The number of hydrogen-bond acceptors (Lipinski definition) is 4. The Balaban J connectivity index is 1.32. The Morgan fingerprint density at radius 2 is 1.62 bits per heavy atom. The first kappa shape index (κ1) is 19.7. The minimum Gasteiger partial charge on any atom is -0.368 e. The number of carbonyl (C=O) groups is 1. The van der Waals surface area contributed by atoms with Gasteiger partial charge in [-0.2, -0.15) is 0 Å². The second-order valence-electron chi connectivity index (χ2n) is 8.38. The van der Waals surface area contributed by atoms with Crippen LogP contribution in [-0.4, -0.2) is 43.1 Å². The molecule has 0 atom stereocenters. The molecule has 1 aromatic heterocycles. The van der Waals surface area contributed by atoms with E-state index in [9.17, 15) is 4.79 Å². The summed E-state index contributed by atoms with van der Waals surface area (Å²) in [5.74, 6) is -0.0345. The van der Waals surface area contributed by atoms with Crippen molar-refractivity contribution < 1.29 is 4.79 Å². The standard InChI is InChI=1S/C24H32N4O/c1-19-7-6-10-21(17-19)27-13-15-28(16-14-27)22-11-12-23(25-18-22)24(29)26-20-8-4-2-3-5-9-20/h6-7,10-12,17-18,20H,2-5,8-9,13-16H2,1H3,(H,26,29). The summed E-state index contributed by atoms with van der Waals surface area (Å²) >= 11 is 0. The number of rotatable bonds is 4. The first-order chi connectivity index (χ1) is 14.2. The van der Waals surface area contributed by atoms with Crippen LogP contribution in [0, 0.1) is 6.92 Å². The molecule has 0 spiro atoms. The van der Waals surface area contributed by atoms with Crippen LogP contribution < -0.4 is 15.1 Å². The molecule has 1 amide bonds. The fourth-order valence-electron chi connectivity index (χ4n) is 4.44. The summed E-state index contributed by atoms with van der Waals surface area (Å²) in [7, 11) is 0. The van der Waals surface area contributed by atoms with E-state index in [0.29, 0.717) is 11.7 Å². The quantitative estimate of drug-likeness (QED) is 0.794. The summed E-state index contributed by atoms with van der Waals surface area (Å²) < 4.78 is 0. The fourth-order valence-corrected chi connectivity index (χ4v) is 4.44. The van der Waals surface area contributed by atoms with E-state index in [2.05, 4.69) is 51.3 Å². The lowest BCUT2D eigenvalue weighted by Crippen LogP contribution is -2.46. The van der Waals surface area contributed by atoms with E-state index < -0.39 is 0 Å². The molecular formula is C24H32N4O. The first-order valence-corrected chi connectivity index (χ1v) is 11.0. The van der Waals surface area contributed by atoms with Gasteiger partial charge in [0, 0.05) is 37.9 Å². The van der Waals surface area contributed by atoms with Crippen molar-refractivity contribution in [3.05, 3.63) is 53.9 Å². The number of carbonyl (C=O) groups excluding carboxylic acids is 1. The normalized spacial score (nSPS) is 18.4. The minimum absolute atomic E-state index is 0.0345. The van der Waals surface area contributed by atoms with Gasteiger partial charge in [-0.25, -0.2) is 4.98 Å². The van der Waals surface area contributed by atoms with Crippen LogP contribution in [0.5, 0.6) is 0 Å². The molecule has 0 unspecified atom stereocenters. The molecule has 1 aliphatic heterocycles. The van der Waals surface area contributed by atoms with Crippen molar-refractivity contribution in [2.75, 3.05) is 36.0 Å². The van der Waals surface area contributed by atoms with Crippen LogP contribution in [0.1, 0.15) is 54.6 Å². The molecule has 2 heterocycles. The summed E-state index contributed by atoms with van der Waals surface area (Å²) in [5.41, 5.74) is 4.22. The van der Waals surface area contributed by atoms with Crippen LogP contribution in [0.15, 0.2) is 42.6 Å². The molecule has 0 bridgehead atoms. The largest absolute Gasteiger partial charge is 0.368 e. The van der Waals surface area contributed by atoms with Crippen molar-refractivity contribution in [3.8, 4) is 0 Å². The molecule has 1 aromatic carbocycles. The van der Waals surface area contributed by atoms with Gasteiger partial charge >= 0.3 is 0 Å². The molecule has 1 N–H and O–H groups in total. The average molecular weight is 393 g/mol. The molecule has 154 valence electrons. The summed E-state index contributed by atoms with van der Waals surface area (Å²) in [4.78, 5) is 21.8. The maximum absolute atomic E-state index is 12.5. The lowest BCUT2D eigenvalue weighted by molar-refractivity contribution is 0.0928. The van der Waals surface area contributed by atoms with Crippen molar-refractivity contribution in [1.29, 1.82) is 0 Å². The highest BCUT2D eigenvalue weighted by Crippen LogP contribution is 2.21. The molecule has 2 aliphatic rings. The third kappa shape index (κ3) is 5.08. The van der Waals surface area contributed by atoms with E-state index >= 15 is 0 Å². The Labute approximate surface area is 174 Å². The Kier molecular flexibility index (Phi) is 6.33. The molecule has 2 aromatic rings. The first-order valence-electron chi connectivity index (χ1n) is 11.0. The topological polar surface area (TPSA) is 48.5 Å². The molecule has 1 saturated heterocycles. The summed E-state index contributed by atoms with van der Waals surface area (Å²) in [6, 6.07) is 12.9. The Morgan fingerprint density at radius 3 is 2.24 bits per heavy atom. The maximum Gasteiger partial charge on any atom is 0.270 e. The summed E-state index contributed by atoms with van der Waals surface area (Å²) in [5, 5.41) is 3.18. The van der Waals surface area contributed by atoms with Crippen LogP contribution in [0.25, 0.3) is 0 Å². The van der Waals surface area contributed by atoms with Crippen LogP contribution >= 0.6 is 0 Å².